The van der Waals surface area contributed by atoms with E-state index in [0.29, 0.717) is 24.0 Å². The number of halogens is 1. The number of para-hydroxylation sites is 1. The zero-order valence-electron chi connectivity index (χ0n) is 20.8. The molecule has 1 saturated heterocycles. The fourth-order valence-electron chi connectivity index (χ4n) is 5.10. The number of rotatable bonds is 8. The van der Waals surface area contributed by atoms with Gasteiger partial charge in [-0.3, -0.25) is 9.36 Å². The van der Waals surface area contributed by atoms with Crippen molar-refractivity contribution < 1.29 is 33.7 Å². The van der Waals surface area contributed by atoms with Gasteiger partial charge in [0.05, 0.1) is 18.1 Å². The highest BCUT2D eigenvalue weighted by Crippen LogP contribution is 2.46. The van der Waals surface area contributed by atoms with Crippen molar-refractivity contribution in [1.82, 2.24) is 0 Å². The molecule has 0 radical (unpaired) electrons. The number of hydrogen-bond acceptors (Lipinski definition) is 4. The summed E-state index contributed by atoms with van der Waals surface area (Å²) in [6.45, 7) is 0. The van der Waals surface area contributed by atoms with Crippen molar-refractivity contribution in [2.75, 3.05) is 4.90 Å². The van der Waals surface area contributed by atoms with Crippen molar-refractivity contribution in [3.8, 4) is 16.9 Å². The van der Waals surface area contributed by atoms with Crippen molar-refractivity contribution in [3.05, 3.63) is 114 Å². The van der Waals surface area contributed by atoms with Gasteiger partial charge in [-0.1, -0.05) is 60.7 Å². The number of phenolic OH excluding ortho intramolecular Hbond substituents is 1. The summed E-state index contributed by atoms with van der Waals surface area (Å²) in [4.78, 5) is 33.8. The van der Waals surface area contributed by atoms with E-state index in [1.165, 1.54) is 30.3 Å². The highest BCUT2D eigenvalue weighted by Gasteiger charge is 2.48. The Bertz CT molecular complexity index is 1520. The van der Waals surface area contributed by atoms with Gasteiger partial charge in [-0.2, -0.15) is 0 Å². The molecule has 1 aliphatic heterocycles. The number of aliphatic hydroxyl groups is 1. The van der Waals surface area contributed by atoms with Gasteiger partial charge in [0.1, 0.15) is 16.9 Å². The van der Waals surface area contributed by atoms with Gasteiger partial charge < -0.3 is 24.9 Å². The Morgan fingerprint density at radius 2 is 1.51 bits per heavy atom. The second kappa shape index (κ2) is 10.8. The Kier molecular flexibility index (Phi) is 7.38. The minimum atomic E-state index is -4.59. The summed E-state index contributed by atoms with van der Waals surface area (Å²) < 4.78 is 24.8. The van der Waals surface area contributed by atoms with Crippen LogP contribution in [0.2, 0.25) is 0 Å². The van der Waals surface area contributed by atoms with Crippen LogP contribution in [0.5, 0.6) is 5.75 Å². The van der Waals surface area contributed by atoms with Gasteiger partial charge in [0.2, 0.25) is 5.91 Å². The number of anilines is 1. The number of benzene rings is 4. The van der Waals surface area contributed by atoms with Crippen molar-refractivity contribution >= 4 is 24.5 Å². The maximum Gasteiger partial charge on any atom is 0.359 e. The molecule has 9 heteroatoms. The Hall–Kier alpha value is -3.81. The number of amides is 1. The Morgan fingerprint density at radius 3 is 2.13 bits per heavy atom. The first-order valence-corrected chi connectivity index (χ1v) is 14.1. The van der Waals surface area contributed by atoms with Crippen LogP contribution < -0.4 is 10.2 Å². The molecule has 1 amide bonds. The summed E-state index contributed by atoms with van der Waals surface area (Å²) in [7, 11) is -4.59. The average Bonchev–Trinajstić information content (AvgIpc) is 2.92. The Morgan fingerprint density at radius 1 is 0.872 bits per heavy atom. The third-order valence-corrected chi connectivity index (χ3v) is 8.13. The summed E-state index contributed by atoms with van der Waals surface area (Å²) in [6, 6.07) is 26.3. The maximum atomic E-state index is 13.3. The molecule has 200 valence electrons. The molecule has 4 aromatic rings. The van der Waals surface area contributed by atoms with Crippen molar-refractivity contribution in [2.45, 2.75) is 25.0 Å². The molecule has 39 heavy (non-hydrogen) atoms. The smallest absolute Gasteiger partial charge is 0.359 e. The number of carbonyl (C=O) groups excluding carboxylic acids is 1. The van der Waals surface area contributed by atoms with E-state index in [-0.39, 0.29) is 23.7 Å². The van der Waals surface area contributed by atoms with Crippen LogP contribution >= 0.6 is 7.60 Å². The van der Waals surface area contributed by atoms with Crippen LogP contribution in [0.1, 0.15) is 36.1 Å². The van der Waals surface area contributed by atoms with E-state index in [4.69, 9.17) is 0 Å². The van der Waals surface area contributed by atoms with Crippen LogP contribution in [0.25, 0.3) is 11.1 Å². The molecule has 0 aliphatic carbocycles. The molecule has 3 atom stereocenters. The molecule has 7 nitrogen and oxygen atoms in total. The fraction of sp³-hybridized carbons (Fsp3) is 0.167. The predicted octanol–water partition coefficient (Wildman–Crippen LogP) is 5.22. The largest absolute Gasteiger partial charge is 0.507 e. The summed E-state index contributed by atoms with van der Waals surface area (Å²) >= 11 is 0. The predicted molar refractivity (Wildman–Crippen MR) is 146 cm³/mol. The lowest BCUT2D eigenvalue weighted by Crippen LogP contribution is -2.55. The summed E-state index contributed by atoms with van der Waals surface area (Å²) in [5.74, 6) is -1.27. The van der Waals surface area contributed by atoms with E-state index in [2.05, 4.69) is 0 Å². The van der Waals surface area contributed by atoms with E-state index in [9.17, 15) is 33.7 Å². The first-order chi connectivity index (χ1) is 18.6. The van der Waals surface area contributed by atoms with Crippen LogP contribution in [0.15, 0.2) is 97.1 Å². The van der Waals surface area contributed by atoms with Crippen LogP contribution in [0, 0.1) is 11.7 Å². The zero-order valence-corrected chi connectivity index (χ0v) is 21.7. The molecule has 1 aliphatic rings. The number of nitrogens with zero attached hydrogens (tertiary/aromatic N) is 1. The maximum absolute atomic E-state index is 13.3. The van der Waals surface area contributed by atoms with Crippen molar-refractivity contribution in [1.29, 1.82) is 0 Å². The van der Waals surface area contributed by atoms with Crippen molar-refractivity contribution in [2.24, 2.45) is 5.92 Å². The second-order valence-electron chi connectivity index (χ2n) is 9.61. The quantitative estimate of drug-likeness (QED) is 0.178. The van der Waals surface area contributed by atoms with Crippen LogP contribution in [-0.2, 0) is 9.36 Å². The first kappa shape index (κ1) is 26.8. The number of aromatic hydroxyl groups is 1. The van der Waals surface area contributed by atoms with E-state index in [1.807, 2.05) is 54.6 Å². The molecular formula is C30H27FNO6P. The number of aliphatic hydroxyl groups excluding tert-OH is 1. The standard InChI is InChI=1S/C30H27FNO6P/c31-23-13-10-20(11-14-23)26(33)16-15-25-29(32(30(25)35)24-4-2-1-3-5-24)21-8-6-19(7-9-21)22-12-17-28(27(34)18-22)39(36,37)38/h1-14,17-18,25-26,29,33-34H,15-16H2,(H2,36,37,38)/t25-,26+,29-/m1/s1. The molecule has 4 N–H and O–H groups in total. The van der Waals surface area contributed by atoms with Crippen LogP contribution in [-0.4, -0.2) is 25.9 Å². The van der Waals surface area contributed by atoms with Crippen molar-refractivity contribution in [3.63, 3.8) is 0 Å². The Labute approximate surface area is 225 Å². The lowest BCUT2D eigenvalue weighted by atomic mass is 9.78. The molecule has 1 fully saturated rings. The molecule has 0 saturated carbocycles. The van der Waals surface area contributed by atoms with E-state index < -0.39 is 24.8 Å². The normalized spacial score (nSPS) is 18.1. The number of hydrogen-bond donors (Lipinski definition) is 4. The molecule has 0 aromatic heterocycles. The van der Waals surface area contributed by atoms with Gasteiger partial charge in [0.25, 0.3) is 0 Å². The molecule has 0 unspecified atom stereocenters. The second-order valence-corrected chi connectivity index (χ2v) is 11.2. The summed E-state index contributed by atoms with van der Waals surface area (Å²) in [5, 5.41) is 20.3. The van der Waals surface area contributed by atoms with Gasteiger partial charge in [-0.25, -0.2) is 4.39 Å². The lowest BCUT2D eigenvalue weighted by molar-refractivity contribution is -0.131. The summed E-state index contributed by atoms with van der Waals surface area (Å²) in [6.07, 6.45) is -0.0500. The third-order valence-electron chi connectivity index (χ3n) is 7.13. The summed E-state index contributed by atoms with van der Waals surface area (Å²) in [5.41, 5.74) is 3.56. The topological polar surface area (TPSA) is 118 Å². The monoisotopic (exact) mass is 547 g/mol. The SMILES string of the molecule is O=C1[C@H](CC[C@H](O)c2ccc(F)cc2)[C@@H](c2ccc(-c3ccc(P(=O)(O)O)c(O)c3)cc2)N1c1ccccc1. The molecule has 0 spiro atoms. The van der Waals surface area contributed by atoms with Gasteiger partial charge in [0.15, 0.2) is 0 Å². The van der Waals surface area contributed by atoms with Crippen LogP contribution in [0.3, 0.4) is 0 Å². The van der Waals surface area contributed by atoms with Gasteiger partial charge in [-0.15, -0.1) is 0 Å². The lowest BCUT2D eigenvalue weighted by Gasteiger charge is -2.48. The number of phenols is 1. The molecular weight excluding hydrogens is 520 g/mol. The molecule has 5 rings (SSSR count). The van der Waals surface area contributed by atoms with E-state index in [0.717, 1.165) is 16.8 Å². The van der Waals surface area contributed by atoms with Gasteiger partial charge in [-0.05, 0) is 71.5 Å². The fourth-order valence-corrected chi connectivity index (χ4v) is 5.73. The highest BCUT2D eigenvalue weighted by atomic mass is 31.2. The molecule has 0 bridgehead atoms. The van der Waals surface area contributed by atoms with E-state index >= 15 is 0 Å². The van der Waals surface area contributed by atoms with E-state index in [1.54, 1.807) is 17.0 Å². The number of β-lactam (4-membered cyclic amide) rings is 1. The molecule has 1 heterocycles. The molecule has 4 aromatic carbocycles. The van der Waals surface area contributed by atoms with Gasteiger partial charge in [0, 0.05) is 5.69 Å². The minimum Gasteiger partial charge on any atom is -0.507 e. The highest BCUT2D eigenvalue weighted by molar-refractivity contribution is 7.60. The first-order valence-electron chi connectivity index (χ1n) is 12.4. The van der Waals surface area contributed by atoms with Gasteiger partial charge >= 0.3 is 7.60 Å². The zero-order chi connectivity index (χ0) is 27.7. The minimum absolute atomic E-state index is 0.0421. The third kappa shape index (κ3) is 5.51. The average molecular weight is 548 g/mol. The van der Waals surface area contributed by atoms with Crippen LogP contribution in [0.4, 0.5) is 10.1 Å². The number of carbonyl (C=O) groups is 1. The Balaban J connectivity index is 1.39.